The average molecular weight is 193 g/mol. The summed E-state index contributed by atoms with van der Waals surface area (Å²) in [4.78, 5) is 4.22. The van der Waals surface area contributed by atoms with Crippen molar-refractivity contribution in [3.63, 3.8) is 0 Å². The molecule has 0 radical (unpaired) electrons. The van der Waals surface area contributed by atoms with E-state index < -0.39 is 0 Å². The summed E-state index contributed by atoms with van der Waals surface area (Å²) in [5.41, 5.74) is 2.72. The van der Waals surface area contributed by atoms with Gasteiger partial charge in [0, 0.05) is 0 Å². The molecule has 0 saturated heterocycles. The van der Waals surface area contributed by atoms with Gasteiger partial charge in [0.1, 0.15) is 6.61 Å². The van der Waals surface area contributed by atoms with E-state index in [1.165, 1.54) is 11.1 Å². The van der Waals surface area contributed by atoms with Crippen LogP contribution in [0.4, 0.5) is 0 Å². The summed E-state index contributed by atoms with van der Waals surface area (Å²) in [6, 6.07) is 0. The molecule has 0 aromatic heterocycles. The molecule has 2 heteroatoms. The summed E-state index contributed by atoms with van der Waals surface area (Å²) >= 11 is 0. The Kier molecular flexibility index (Phi) is 4.44. The first-order valence-electron chi connectivity index (χ1n) is 5.16. The number of aliphatic imine (C=N–C) groups is 1. The zero-order valence-corrected chi connectivity index (χ0v) is 9.34. The molecule has 0 aromatic carbocycles. The normalized spacial score (nSPS) is 16.2. The molecule has 0 unspecified atom stereocenters. The smallest absolute Gasteiger partial charge is 0.208 e. The number of ether oxygens (including phenoxy) is 1. The Morgan fingerprint density at radius 1 is 1.43 bits per heavy atom. The predicted octanol–water partition coefficient (Wildman–Crippen LogP) is 3.11. The Morgan fingerprint density at radius 2 is 2.21 bits per heavy atom. The van der Waals surface area contributed by atoms with E-state index in [9.17, 15) is 0 Å². The summed E-state index contributed by atoms with van der Waals surface area (Å²) in [6.07, 6.45) is 6.51. The van der Waals surface area contributed by atoms with Gasteiger partial charge >= 0.3 is 0 Å². The molecule has 0 aliphatic carbocycles. The number of hydrogen-bond acceptors (Lipinski definition) is 2. The fraction of sp³-hybridized carbons (Fsp3) is 0.583. The molecule has 0 atom stereocenters. The van der Waals surface area contributed by atoms with E-state index in [1.807, 2.05) is 6.08 Å². The third-order valence-electron chi connectivity index (χ3n) is 2.07. The summed E-state index contributed by atoms with van der Waals surface area (Å²) in [5.74, 6) is 0.805. The van der Waals surface area contributed by atoms with Crippen LogP contribution >= 0.6 is 0 Å². The molecule has 14 heavy (non-hydrogen) atoms. The largest absolute Gasteiger partial charge is 0.476 e. The Bertz CT molecular complexity index is 270. The minimum absolute atomic E-state index is 0.743. The minimum Gasteiger partial charge on any atom is -0.476 e. The van der Waals surface area contributed by atoms with Crippen molar-refractivity contribution in [3.8, 4) is 0 Å². The van der Waals surface area contributed by atoms with Gasteiger partial charge in [-0.15, -0.1) is 0 Å². The molecule has 0 fully saturated rings. The van der Waals surface area contributed by atoms with Gasteiger partial charge in [0.15, 0.2) is 0 Å². The van der Waals surface area contributed by atoms with Crippen molar-refractivity contribution in [1.82, 2.24) is 0 Å². The molecule has 0 spiro atoms. The molecule has 78 valence electrons. The monoisotopic (exact) mass is 193 g/mol. The quantitative estimate of drug-likeness (QED) is 0.629. The molecular weight excluding hydrogens is 174 g/mol. The fourth-order valence-corrected chi connectivity index (χ4v) is 1.31. The number of rotatable bonds is 4. The minimum atomic E-state index is 0.743. The second-order valence-corrected chi connectivity index (χ2v) is 3.88. The first-order valence-corrected chi connectivity index (χ1v) is 5.16. The second-order valence-electron chi connectivity index (χ2n) is 3.88. The second kappa shape index (κ2) is 5.63. The maximum Gasteiger partial charge on any atom is 0.208 e. The van der Waals surface area contributed by atoms with Gasteiger partial charge in [0.2, 0.25) is 5.90 Å². The lowest BCUT2D eigenvalue weighted by Crippen LogP contribution is -1.95. The van der Waals surface area contributed by atoms with Gasteiger partial charge in [-0.1, -0.05) is 17.2 Å². The van der Waals surface area contributed by atoms with Crippen molar-refractivity contribution in [2.75, 3.05) is 13.2 Å². The Hall–Kier alpha value is -1.05. The maximum atomic E-state index is 5.31. The van der Waals surface area contributed by atoms with Crippen LogP contribution in [0.25, 0.3) is 0 Å². The van der Waals surface area contributed by atoms with Crippen molar-refractivity contribution in [2.45, 2.75) is 33.6 Å². The zero-order valence-electron chi connectivity index (χ0n) is 9.34. The van der Waals surface area contributed by atoms with Crippen LogP contribution < -0.4 is 0 Å². The van der Waals surface area contributed by atoms with Gasteiger partial charge in [-0.05, 0) is 39.7 Å². The van der Waals surface area contributed by atoms with Crippen molar-refractivity contribution in [2.24, 2.45) is 4.99 Å². The SMILES string of the molecule is CC(C)=CCC/C(C)=C/C1=NCCO1. The van der Waals surface area contributed by atoms with E-state index in [4.69, 9.17) is 4.74 Å². The van der Waals surface area contributed by atoms with Gasteiger partial charge in [0.05, 0.1) is 6.54 Å². The Balaban J connectivity index is 2.33. The van der Waals surface area contributed by atoms with E-state index in [2.05, 4.69) is 31.8 Å². The summed E-state index contributed by atoms with van der Waals surface area (Å²) in [5, 5.41) is 0. The Labute approximate surface area is 86.4 Å². The molecular formula is C12H19NO. The third kappa shape index (κ3) is 4.26. The molecule has 2 nitrogen and oxygen atoms in total. The number of hydrogen-bond donors (Lipinski definition) is 0. The molecule has 1 heterocycles. The fourth-order valence-electron chi connectivity index (χ4n) is 1.31. The molecule has 0 amide bonds. The van der Waals surface area contributed by atoms with Crippen molar-refractivity contribution >= 4 is 5.90 Å². The summed E-state index contributed by atoms with van der Waals surface area (Å²) in [6.45, 7) is 7.94. The number of nitrogens with zero attached hydrogens (tertiary/aromatic N) is 1. The van der Waals surface area contributed by atoms with E-state index in [-0.39, 0.29) is 0 Å². The molecule has 0 N–H and O–H groups in total. The van der Waals surface area contributed by atoms with Crippen LogP contribution in [0, 0.1) is 0 Å². The molecule has 0 saturated carbocycles. The zero-order chi connectivity index (χ0) is 10.4. The van der Waals surface area contributed by atoms with Gasteiger partial charge in [0.25, 0.3) is 0 Å². The number of allylic oxidation sites excluding steroid dienone is 3. The average Bonchev–Trinajstić information content (AvgIpc) is 2.56. The lowest BCUT2D eigenvalue weighted by atomic mass is 10.1. The topological polar surface area (TPSA) is 21.6 Å². The molecule has 1 aliphatic heterocycles. The first kappa shape index (κ1) is 11.0. The summed E-state index contributed by atoms with van der Waals surface area (Å²) in [7, 11) is 0. The lowest BCUT2D eigenvalue weighted by Gasteiger charge is -1.99. The molecule has 1 aliphatic rings. The van der Waals surface area contributed by atoms with E-state index in [0.29, 0.717) is 0 Å². The van der Waals surface area contributed by atoms with Gasteiger partial charge in [-0.3, -0.25) is 0 Å². The van der Waals surface area contributed by atoms with E-state index >= 15 is 0 Å². The van der Waals surface area contributed by atoms with Crippen LogP contribution in [0.1, 0.15) is 33.6 Å². The van der Waals surface area contributed by atoms with E-state index in [1.54, 1.807) is 0 Å². The van der Waals surface area contributed by atoms with Crippen molar-refractivity contribution in [1.29, 1.82) is 0 Å². The van der Waals surface area contributed by atoms with Crippen LogP contribution in [-0.4, -0.2) is 19.0 Å². The predicted molar refractivity (Wildman–Crippen MR) is 60.7 cm³/mol. The third-order valence-corrected chi connectivity index (χ3v) is 2.07. The molecule has 1 rings (SSSR count). The summed E-state index contributed by atoms with van der Waals surface area (Å²) < 4.78 is 5.31. The standard InChI is InChI=1S/C12H19NO/c1-10(2)5-4-6-11(3)9-12-13-7-8-14-12/h5,9H,4,6-8H2,1-3H3/b11-9+. The lowest BCUT2D eigenvalue weighted by molar-refractivity contribution is 0.349. The molecule has 0 aromatic rings. The van der Waals surface area contributed by atoms with Gasteiger partial charge < -0.3 is 4.74 Å². The maximum absolute atomic E-state index is 5.31. The van der Waals surface area contributed by atoms with E-state index in [0.717, 1.165) is 31.9 Å². The van der Waals surface area contributed by atoms with Gasteiger partial charge in [-0.25, -0.2) is 4.99 Å². The van der Waals surface area contributed by atoms with Crippen LogP contribution in [0.3, 0.4) is 0 Å². The molecule has 0 bridgehead atoms. The van der Waals surface area contributed by atoms with Crippen LogP contribution in [0.2, 0.25) is 0 Å². The highest BCUT2D eigenvalue weighted by molar-refractivity contribution is 5.89. The van der Waals surface area contributed by atoms with Crippen LogP contribution in [-0.2, 0) is 4.74 Å². The van der Waals surface area contributed by atoms with Gasteiger partial charge in [-0.2, -0.15) is 0 Å². The van der Waals surface area contributed by atoms with Crippen molar-refractivity contribution < 1.29 is 4.74 Å². The first-order chi connectivity index (χ1) is 6.68. The highest BCUT2D eigenvalue weighted by Gasteiger charge is 2.03. The highest BCUT2D eigenvalue weighted by atomic mass is 16.5. The van der Waals surface area contributed by atoms with Crippen LogP contribution in [0.5, 0.6) is 0 Å². The Morgan fingerprint density at radius 3 is 2.79 bits per heavy atom. The van der Waals surface area contributed by atoms with Crippen molar-refractivity contribution in [3.05, 3.63) is 23.3 Å². The van der Waals surface area contributed by atoms with Crippen LogP contribution in [0.15, 0.2) is 28.3 Å². The highest BCUT2D eigenvalue weighted by Crippen LogP contribution is 2.08.